The molecule has 7 nitrogen and oxygen atoms in total. The molecule has 1 aliphatic carbocycles. The van der Waals surface area contributed by atoms with Crippen LogP contribution in [0.1, 0.15) is 77.8 Å². The summed E-state index contributed by atoms with van der Waals surface area (Å²) < 4.78 is 24.3. The van der Waals surface area contributed by atoms with Crippen molar-refractivity contribution in [3.8, 4) is 5.75 Å². The molecule has 37 heavy (non-hydrogen) atoms. The molecule has 7 heteroatoms. The lowest BCUT2D eigenvalue weighted by Crippen LogP contribution is -2.38. The summed E-state index contributed by atoms with van der Waals surface area (Å²) in [5, 5.41) is 10.7. The molecule has 0 bridgehead atoms. The van der Waals surface area contributed by atoms with Gasteiger partial charge in [0.2, 0.25) is 0 Å². The molecule has 0 amide bonds. The number of carbonyl (C=O) groups excluding carboxylic acids is 2. The highest BCUT2D eigenvalue weighted by Crippen LogP contribution is 2.54. The highest BCUT2D eigenvalue weighted by Gasteiger charge is 2.51. The third kappa shape index (κ3) is 5.58. The van der Waals surface area contributed by atoms with Crippen LogP contribution in [0.25, 0.3) is 0 Å². The van der Waals surface area contributed by atoms with Crippen molar-refractivity contribution in [2.75, 3.05) is 0 Å². The Bertz CT molecular complexity index is 1200. The van der Waals surface area contributed by atoms with Crippen LogP contribution >= 0.6 is 0 Å². The highest BCUT2D eigenvalue weighted by molar-refractivity contribution is 5.95. The SMILES string of the molecule is Cc1cc(O)c2c(c1)C1CC1C[C@@H]1OC(C)(C)O[C@@H]1C(OC(=O)c1ccccc1)/C=C\C[C@H](C)OC2=O. The minimum absolute atomic E-state index is 0.0483. The van der Waals surface area contributed by atoms with Gasteiger partial charge in [-0.1, -0.05) is 30.3 Å². The molecule has 2 aromatic carbocycles. The average molecular weight is 507 g/mol. The molecule has 196 valence electrons. The summed E-state index contributed by atoms with van der Waals surface area (Å²) in [5.41, 5.74) is 2.41. The Morgan fingerprint density at radius 1 is 1.11 bits per heavy atom. The van der Waals surface area contributed by atoms with Gasteiger partial charge < -0.3 is 24.1 Å². The summed E-state index contributed by atoms with van der Waals surface area (Å²) in [6.45, 7) is 7.43. The molecule has 6 atom stereocenters. The van der Waals surface area contributed by atoms with Crippen LogP contribution in [-0.2, 0) is 18.9 Å². The van der Waals surface area contributed by atoms with Crippen molar-refractivity contribution >= 4 is 11.9 Å². The molecular formula is C30H34O7. The van der Waals surface area contributed by atoms with Gasteiger partial charge in [-0.05, 0) is 87.8 Å². The average Bonchev–Trinajstić information content (AvgIpc) is 3.52. The summed E-state index contributed by atoms with van der Waals surface area (Å²) in [7, 11) is 0. The van der Waals surface area contributed by atoms with Gasteiger partial charge >= 0.3 is 11.9 Å². The molecule has 3 aliphatic rings. The van der Waals surface area contributed by atoms with Crippen LogP contribution < -0.4 is 0 Å². The van der Waals surface area contributed by atoms with E-state index in [0.717, 1.165) is 17.5 Å². The van der Waals surface area contributed by atoms with Crippen LogP contribution in [0, 0.1) is 12.8 Å². The number of benzene rings is 2. The number of hydrogen-bond acceptors (Lipinski definition) is 7. The van der Waals surface area contributed by atoms with E-state index in [-0.39, 0.29) is 29.3 Å². The first-order valence-corrected chi connectivity index (χ1v) is 12.9. The fourth-order valence-electron chi connectivity index (χ4n) is 5.50. The fraction of sp³-hybridized carbons (Fsp3) is 0.467. The number of esters is 2. The molecule has 3 unspecified atom stereocenters. The van der Waals surface area contributed by atoms with Crippen molar-refractivity contribution in [1.29, 1.82) is 0 Å². The maximum absolute atomic E-state index is 13.1. The van der Waals surface area contributed by atoms with Crippen LogP contribution in [0.5, 0.6) is 5.75 Å². The second-order valence-electron chi connectivity index (χ2n) is 10.8. The zero-order chi connectivity index (χ0) is 26.3. The van der Waals surface area contributed by atoms with Crippen molar-refractivity contribution in [2.45, 2.75) is 83.1 Å². The van der Waals surface area contributed by atoms with Crippen molar-refractivity contribution in [3.63, 3.8) is 0 Å². The minimum Gasteiger partial charge on any atom is -0.507 e. The second-order valence-corrected chi connectivity index (χ2v) is 10.8. The number of hydrogen-bond donors (Lipinski definition) is 1. The molecule has 5 rings (SSSR count). The number of fused-ring (bicyclic) bond motifs is 4. The normalized spacial score (nSPS) is 31.6. The van der Waals surface area contributed by atoms with Crippen molar-refractivity contribution in [1.82, 2.24) is 0 Å². The summed E-state index contributed by atoms with van der Waals surface area (Å²) >= 11 is 0. The smallest absolute Gasteiger partial charge is 0.342 e. The largest absolute Gasteiger partial charge is 0.507 e. The number of phenolic OH excluding ortho intramolecular Hbond substituents is 1. The Hall–Kier alpha value is -3.16. The van der Waals surface area contributed by atoms with E-state index < -0.39 is 36.0 Å². The first-order valence-electron chi connectivity index (χ1n) is 12.9. The molecule has 0 radical (unpaired) electrons. The predicted molar refractivity (Wildman–Crippen MR) is 136 cm³/mol. The Morgan fingerprint density at radius 3 is 2.62 bits per heavy atom. The molecule has 1 saturated carbocycles. The van der Waals surface area contributed by atoms with Crippen LogP contribution in [-0.4, -0.2) is 47.2 Å². The summed E-state index contributed by atoms with van der Waals surface area (Å²) in [4.78, 5) is 26.1. The maximum atomic E-state index is 13.1. The molecule has 0 spiro atoms. The lowest BCUT2D eigenvalue weighted by atomic mass is 9.95. The van der Waals surface area contributed by atoms with Gasteiger partial charge in [0.05, 0.1) is 11.7 Å². The number of cyclic esters (lactones) is 1. The number of rotatable bonds is 2. The van der Waals surface area contributed by atoms with Crippen molar-refractivity contribution in [2.24, 2.45) is 5.92 Å². The molecule has 0 aromatic heterocycles. The Kier molecular flexibility index (Phi) is 6.86. The number of carbonyl (C=O) groups is 2. The van der Waals surface area contributed by atoms with E-state index in [1.165, 1.54) is 0 Å². The molecule has 2 aromatic rings. The van der Waals surface area contributed by atoms with Gasteiger partial charge in [-0.3, -0.25) is 0 Å². The number of aromatic hydroxyl groups is 1. The van der Waals surface area contributed by atoms with Gasteiger partial charge in [0, 0.05) is 6.42 Å². The van der Waals surface area contributed by atoms with Crippen LogP contribution in [0.15, 0.2) is 54.6 Å². The summed E-state index contributed by atoms with van der Waals surface area (Å²) in [5.74, 6) is -1.52. The Labute approximate surface area is 217 Å². The van der Waals surface area contributed by atoms with E-state index >= 15 is 0 Å². The van der Waals surface area contributed by atoms with E-state index in [0.29, 0.717) is 18.4 Å². The van der Waals surface area contributed by atoms with Crippen LogP contribution in [0.4, 0.5) is 0 Å². The lowest BCUT2D eigenvalue weighted by Gasteiger charge is -2.25. The van der Waals surface area contributed by atoms with E-state index in [1.54, 1.807) is 43.3 Å². The van der Waals surface area contributed by atoms with E-state index in [4.69, 9.17) is 18.9 Å². The van der Waals surface area contributed by atoms with Gasteiger partial charge in [-0.15, -0.1) is 0 Å². The molecule has 2 fully saturated rings. The summed E-state index contributed by atoms with van der Waals surface area (Å²) in [6.07, 6.45) is 3.65. The molecule has 2 aliphatic heterocycles. The zero-order valence-electron chi connectivity index (χ0n) is 21.7. The number of aryl methyl sites for hydroxylation is 1. The van der Waals surface area contributed by atoms with Gasteiger partial charge in [0.25, 0.3) is 0 Å². The van der Waals surface area contributed by atoms with E-state index in [1.807, 2.05) is 39.0 Å². The van der Waals surface area contributed by atoms with E-state index in [2.05, 4.69) is 0 Å². The molecule has 1 N–H and O–H groups in total. The lowest BCUT2D eigenvalue weighted by molar-refractivity contribution is -0.153. The monoisotopic (exact) mass is 506 g/mol. The zero-order valence-corrected chi connectivity index (χ0v) is 21.7. The van der Waals surface area contributed by atoms with Gasteiger partial charge in [-0.2, -0.15) is 0 Å². The molecule has 2 heterocycles. The minimum atomic E-state index is -0.835. The standard InChI is InChI=1S/C30H34O7/c1-17-13-22-21-15-20(21)16-25-27(37-30(3,4)36-25)24(35-28(32)19-10-6-5-7-11-19)12-8-9-18(2)34-29(33)26(22)23(31)14-17/h5-8,10-14,18,20-21,24-25,27,31H,9,15-16H2,1-4H3/b12-8-/t18-,20?,21?,24?,25-,27+/m0/s1. The first-order chi connectivity index (χ1) is 17.6. The highest BCUT2D eigenvalue weighted by atomic mass is 16.8. The summed E-state index contributed by atoms with van der Waals surface area (Å²) in [6, 6.07) is 12.4. The van der Waals surface area contributed by atoms with Crippen LogP contribution in [0.2, 0.25) is 0 Å². The van der Waals surface area contributed by atoms with Gasteiger partial charge in [0.15, 0.2) is 5.79 Å². The Balaban J connectivity index is 1.47. The first kappa shape index (κ1) is 25.5. The topological polar surface area (TPSA) is 91.3 Å². The second kappa shape index (κ2) is 9.95. The number of ether oxygens (including phenoxy) is 4. The van der Waals surface area contributed by atoms with Gasteiger partial charge in [0.1, 0.15) is 29.6 Å². The van der Waals surface area contributed by atoms with Crippen molar-refractivity contribution < 1.29 is 33.6 Å². The quantitative estimate of drug-likeness (QED) is 0.428. The van der Waals surface area contributed by atoms with Crippen molar-refractivity contribution in [3.05, 3.63) is 76.9 Å². The third-order valence-electron chi connectivity index (χ3n) is 7.25. The molecule has 1 saturated heterocycles. The Morgan fingerprint density at radius 2 is 1.86 bits per heavy atom. The molecular weight excluding hydrogens is 472 g/mol. The van der Waals surface area contributed by atoms with Crippen LogP contribution in [0.3, 0.4) is 0 Å². The predicted octanol–water partition coefficient (Wildman–Crippen LogP) is 5.45. The van der Waals surface area contributed by atoms with Gasteiger partial charge in [-0.25, -0.2) is 9.59 Å². The third-order valence-corrected chi connectivity index (χ3v) is 7.25. The maximum Gasteiger partial charge on any atom is 0.342 e. The van der Waals surface area contributed by atoms with E-state index in [9.17, 15) is 14.7 Å². The fourth-order valence-corrected chi connectivity index (χ4v) is 5.50. The number of phenols is 1.